The molecule has 1 aliphatic rings. The molecule has 0 amide bonds. The maximum Gasteiger partial charge on any atom is 0.136 e. The van der Waals surface area contributed by atoms with Crippen molar-refractivity contribution in [3.05, 3.63) is 59.9 Å². The molecule has 0 saturated carbocycles. The monoisotopic (exact) mass is 323 g/mol. The van der Waals surface area contributed by atoms with Gasteiger partial charge in [0.25, 0.3) is 0 Å². The zero-order valence-electron chi connectivity index (χ0n) is 13.7. The van der Waals surface area contributed by atoms with Crippen molar-refractivity contribution in [3.63, 3.8) is 0 Å². The smallest absolute Gasteiger partial charge is 0.136 e. The number of rotatable bonds is 5. The SMILES string of the molecule is COc1ccc2c(c1)nc1n2C(CNCc2ccccc2)COC1. The Bertz CT molecular complexity index is 829. The van der Waals surface area contributed by atoms with E-state index in [2.05, 4.69) is 40.2 Å². The molecule has 0 radical (unpaired) electrons. The molecule has 3 aromatic rings. The quantitative estimate of drug-likeness (QED) is 0.784. The molecule has 1 N–H and O–H groups in total. The van der Waals surface area contributed by atoms with Gasteiger partial charge >= 0.3 is 0 Å². The number of nitrogens with one attached hydrogen (secondary N) is 1. The van der Waals surface area contributed by atoms with Gasteiger partial charge in [0.2, 0.25) is 0 Å². The first-order chi connectivity index (χ1) is 11.8. The minimum atomic E-state index is 0.246. The lowest BCUT2D eigenvalue weighted by molar-refractivity contribution is 0.0564. The van der Waals surface area contributed by atoms with Gasteiger partial charge in [0.15, 0.2) is 0 Å². The number of aromatic nitrogens is 2. The van der Waals surface area contributed by atoms with Crippen LogP contribution >= 0.6 is 0 Å². The molecule has 1 aliphatic heterocycles. The van der Waals surface area contributed by atoms with Gasteiger partial charge < -0.3 is 19.4 Å². The lowest BCUT2D eigenvalue weighted by Crippen LogP contribution is -2.32. The van der Waals surface area contributed by atoms with Gasteiger partial charge in [-0.15, -0.1) is 0 Å². The predicted molar refractivity (Wildman–Crippen MR) is 93.1 cm³/mol. The zero-order chi connectivity index (χ0) is 16.4. The van der Waals surface area contributed by atoms with Crippen molar-refractivity contribution in [2.24, 2.45) is 0 Å². The molecule has 0 aliphatic carbocycles. The van der Waals surface area contributed by atoms with Crippen LogP contribution in [0.15, 0.2) is 48.5 Å². The number of fused-ring (bicyclic) bond motifs is 3. The Labute approximate surface area is 141 Å². The van der Waals surface area contributed by atoms with Gasteiger partial charge in [0.05, 0.1) is 30.8 Å². The van der Waals surface area contributed by atoms with Gasteiger partial charge in [-0.3, -0.25) is 0 Å². The molecular weight excluding hydrogens is 302 g/mol. The van der Waals surface area contributed by atoms with Crippen molar-refractivity contribution in [1.82, 2.24) is 14.9 Å². The average Bonchev–Trinajstić information content (AvgIpc) is 3.01. The van der Waals surface area contributed by atoms with Gasteiger partial charge in [-0.1, -0.05) is 30.3 Å². The summed E-state index contributed by atoms with van der Waals surface area (Å²) in [7, 11) is 1.68. The largest absolute Gasteiger partial charge is 0.497 e. The van der Waals surface area contributed by atoms with Crippen LogP contribution < -0.4 is 10.1 Å². The summed E-state index contributed by atoms with van der Waals surface area (Å²) < 4.78 is 13.3. The van der Waals surface area contributed by atoms with Crippen LogP contribution in [0, 0.1) is 0 Å². The normalized spacial score (nSPS) is 17.0. The molecule has 4 rings (SSSR count). The number of hydrogen-bond acceptors (Lipinski definition) is 4. The summed E-state index contributed by atoms with van der Waals surface area (Å²) in [5.74, 6) is 1.81. The number of nitrogens with zero attached hydrogens (tertiary/aromatic N) is 2. The maximum atomic E-state index is 5.74. The molecule has 1 atom stereocenters. The average molecular weight is 323 g/mol. The highest BCUT2D eigenvalue weighted by molar-refractivity contribution is 5.78. The summed E-state index contributed by atoms with van der Waals surface area (Å²) in [5.41, 5.74) is 3.39. The molecule has 24 heavy (non-hydrogen) atoms. The van der Waals surface area contributed by atoms with Crippen molar-refractivity contribution in [1.29, 1.82) is 0 Å². The fourth-order valence-electron chi connectivity index (χ4n) is 3.25. The molecular formula is C19H21N3O2. The molecule has 2 aromatic carbocycles. The number of benzene rings is 2. The molecule has 5 heteroatoms. The van der Waals surface area contributed by atoms with Gasteiger partial charge in [0, 0.05) is 19.2 Å². The van der Waals surface area contributed by atoms with Crippen LogP contribution in [0.25, 0.3) is 11.0 Å². The fourth-order valence-corrected chi connectivity index (χ4v) is 3.25. The molecule has 1 aromatic heterocycles. The van der Waals surface area contributed by atoms with Crippen LogP contribution in [0.3, 0.4) is 0 Å². The predicted octanol–water partition coefficient (Wildman–Crippen LogP) is 2.91. The third kappa shape index (κ3) is 2.88. The van der Waals surface area contributed by atoms with Crippen molar-refractivity contribution < 1.29 is 9.47 Å². The molecule has 1 unspecified atom stereocenters. The van der Waals surface area contributed by atoms with Crippen molar-refractivity contribution >= 4 is 11.0 Å². The van der Waals surface area contributed by atoms with E-state index >= 15 is 0 Å². The van der Waals surface area contributed by atoms with Crippen LogP contribution in [0.2, 0.25) is 0 Å². The second-order valence-electron chi connectivity index (χ2n) is 6.04. The van der Waals surface area contributed by atoms with Gasteiger partial charge in [-0.25, -0.2) is 4.98 Å². The van der Waals surface area contributed by atoms with Crippen molar-refractivity contribution in [2.75, 3.05) is 20.3 Å². The summed E-state index contributed by atoms with van der Waals surface area (Å²) in [6, 6.07) is 16.7. The number of hydrogen-bond donors (Lipinski definition) is 1. The first-order valence-electron chi connectivity index (χ1n) is 8.22. The third-order valence-electron chi connectivity index (χ3n) is 4.43. The second kappa shape index (κ2) is 6.63. The van der Waals surface area contributed by atoms with E-state index in [1.807, 2.05) is 18.2 Å². The first kappa shape index (κ1) is 15.2. The van der Waals surface area contributed by atoms with E-state index in [1.54, 1.807) is 7.11 Å². The van der Waals surface area contributed by atoms with E-state index in [0.29, 0.717) is 13.2 Å². The third-order valence-corrected chi connectivity index (χ3v) is 4.43. The second-order valence-corrected chi connectivity index (χ2v) is 6.04. The molecule has 0 fully saturated rings. The Kier molecular flexibility index (Phi) is 4.19. The van der Waals surface area contributed by atoms with Gasteiger partial charge in [-0.2, -0.15) is 0 Å². The maximum absolute atomic E-state index is 5.74. The van der Waals surface area contributed by atoms with Crippen LogP contribution in [0.4, 0.5) is 0 Å². The van der Waals surface area contributed by atoms with Crippen LogP contribution in [-0.4, -0.2) is 29.8 Å². The highest BCUT2D eigenvalue weighted by Gasteiger charge is 2.23. The summed E-state index contributed by atoms with van der Waals surface area (Å²) in [6.45, 7) is 2.96. The molecule has 124 valence electrons. The van der Waals surface area contributed by atoms with E-state index < -0.39 is 0 Å². The number of methoxy groups -OCH3 is 1. The van der Waals surface area contributed by atoms with Crippen molar-refractivity contribution in [2.45, 2.75) is 19.2 Å². The lowest BCUT2D eigenvalue weighted by Gasteiger charge is -2.26. The Hall–Kier alpha value is -2.37. The van der Waals surface area contributed by atoms with E-state index in [0.717, 1.165) is 35.7 Å². The van der Waals surface area contributed by atoms with E-state index in [4.69, 9.17) is 14.5 Å². The molecule has 2 heterocycles. The standard InChI is InChI=1S/C19H21N3O2/c1-23-16-7-8-18-17(9-16)21-19-13-24-12-15(22(18)19)11-20-10-14-5-3-2-4-6-14/h2-9,15,20H,10-13H2,1H3. The molecule has 0 saturated heterocycles. The number of imidazole rings is 1. The lowest BCUT2D eigenvalue weighted by atomic mass is 10.2. The highest BCUT2D eigenvalue weighted by atomic mass is 16.5. The first-order valence-corrected chi connectivity index (χ1v) is 8.22. The van der Waals surface area contributed by atoms with E-state index in [-0.39, 0.29) is 6.04 Å². The summed E-state index contributed by atoms with van der Waals surface area (Å²) >= 11 is 0. The fraction of sp³-hybridized carbons (Fsp3) is 0.316. The summed E-state index contributed by atoms with van der Waals surface area (Å²) in [5, 5.41) is 3.54. The molecule has 0 spiro atoms. The number of ether oxygens (including phenoxy) is 2. The van der Waals surface area contributed by atoms with Crippen molar-refractivity contribution in [3.8, 4) is 5.75 Å². The molecule has 0 bridgehead atoms. The highest BCUT2D eigenvalue weighted by Crippen LogP contribution is 2.28. The van der Waals surface area contributed by atoms with Crippen LogP contribution in [0.1, 0.15) is 17.4 Å². The summed E-state index contributed by atoms with van der Waals surface area (Å²) in [6.07, 6.45) is 0. The van der Waals surface area contributed by atoms with Crippen LogP contribution in [0.5, 0.6) is 5.75 Å². The zero-order valence-corrected chi connectivity index (χ0v) is 13.7. The van der Waals surface area contributed by atoms with E-state index in [1.165, 1.54) is 5.56 Å². The minimum Gasteiger partial charge on any atom is -0.497 e. The minimum absolute atomic E-state index is 0.246. The van der Waals surface area contributed by atoms with Gasteiger partial charge in [-0.05, 0) is 17.7 Å². The Morgan fingerprint density at radius 1 is 1.25 bits per heavy atom. The topological polar surface area (TPSA) is 48.3 Å². The Balaban J connectivity index is 1.54. The van der Waals surface area contributed by atoms with E-state index in [9.17, 15) is 0 Å². The molecule has 5 nitrogen and oxygen atoms in total. The van der Waals surface area contributed by atoms with Gasteiger partial charge in [0.1, 0.15) is 18.2 Å². The Morgan fingerprint density at radius 2 is 2.12 bits per heavy atom. The Morgan fingerprint density at radius 3 is 2.96 bits per heavy atom. The van der Waals surface area contributed by atoms with Crippen LogP contribution in [-0.2, 0) is 17.9 Å². The summed E-state index contributed by atoms with van der Waals surface area (Å²) in [4.78, 5) is 4.71.